The van der Waals surface area contributed by atoms with Gasteiger partial charge in [-0.1, -0.05) is 29.8 Å². The summed E-state index contributed by atoms with van der Waals surface area (Å²) in [6.45, 7) is 2.30. The summed E-state index contributed by atoms with van der Waals surface area (Å²) < 4.78 is 26.3. The smallest absolute Gasteiger partial charge is 0.165 e. The Labute approximate surface area is 145 Å². The SMILES string of the molecule is Fc1cc(Cl)ccc1C1COc2cccc(C3CCNCC3)c2O1. The van der Waals surface area contributed by atoms with Crippen molar-refractivity contribution in [2.75, 3.05) is 19.7 Å². The fourth-order valence-electron chi connectivity index (χ4n) is 3.48. The lowest BCUT2D eigenvalue weighted by atomic mass is 9.89. The summed E-state index contributed by atoms with van der Waals surface area (Å²) in [4.78, 5) is 0. The zero-order valence-corrected chi connectivity index (χ0v) is 14.0. The third-order valence-corrected chi connectivity index (χ3v) is 4.98. The van der Waals surface area contributed by atoms with Gasteiger partial charge < -0.3 is 14.8 Å². The first-order chi connectivity index (χ1) is 11.7. The topological polar surface area (TPSA) is 30.5 Å². The van der Waals surface area contributed by atoms with Gasteiger partial charge in [-0.25, -0.2) is 4.39 Å². The minimum Gasteiger partial charge on any atom is -0.485 e. The number of nitrogens with one attached hydrogen (secondary N) is 1. The van der Waals surface area contributed by atoms with E-state index in [2.05, 4.69) is 11.4 Å². The van der Waals surface area contributed by atoms with Crippen molar-refractivity contribution in [2.45, 2.75) is 24.9 Å². The average molecular weight is 348 g/mol. The van der Waals surface area contributed by atoms with Gasteiger partial charge in [-0.2, -0.15) is 0 Å². The maximum absolute atomic E-state index is 14.2. The molecule has 1 fully saturated rings. The van der Waals surface area contributed by atoms with E-state index in [-0.39, 0.29) is 5.82 Å². The monoisotopic (exact) mass is 347 g/mol. The second kappa shape index (κ2) is 6.61. The van der Waals surface area contributed by atoms with Gasteiger partial charge >= 0.3 is 0 Å². The predicted octanol–water partition coefficient (Wildman–Crippen LogP) is 4.46. The predicted molar refractivity (Wildman–Crippen MR) is 91.6 cm³/mol. The van der Waals surface area contributed by atoms with Crippen LogP contribution in [0.4, 0.5) is 4.39 Å². The zero-order valence-electron chi connectivity index (χ0n) is 13.2. The number of rotatable bonds is 2. The molecule has 1 N–H and O–H groups in total. The second-order valence-electron chi connectivity index (χ2n) is 6.28. The number of para-hydroxylation sites is 1. The van der Waals surface area contributed by atoms with E-state index in [1.807, 2.05) is 12.1 Å². The Bertz CT molecular complexity index is 746. The van der Waals surface area contributed by atoms with E-state index >= 15 is 0 Å². The number of benzene rings is 2. The van der Waals surface area contributed by atoms with Gasteiger partial charge in [0, 0.05) is 16.1 Å². The van der Waals surface area contributed by atoms with E-state index in [1.165, 1.54) is 6.07 Å². The van der Waals surface area contributed by atoms with Crippen LogP contribution in [0, 0.1) is 5.82 Å². The van der Waals surface area contributed by atoms with E-state index in [0.717, 1.165) is 43.0 Å². The molecule has 1 unspecified atom stereocenters. The zero-order chi connectivity index (χ0) is 16.5. The molecular weight excluding hydrogens is 329 g/mol. The minimum absolute atomic E-state index is 0.293. The molecule has 0 bridgehead atoms. The van der Waals surface area contributed by atoms with Crippen molar-refractivity contribution in [3.8, 4) is 11.5 Å². The van der Waals surface area contributed by atoms with Gasteiger partial charge in [0.15, 0.2) is 17.6 Å². The molecule has 2 aromatic carbocycles. The number of ether oxygens (including phenoxy) is 2. The Balaban J connectivity index is 1.66. The molecule has 4 rings (SSSR count). The molecule has 0 radical (unpaired) electrons. The molecule has 1 atom stereocenters. The Kier molecular flexibility index (Phi) is 4.33. The lowest BCUT2D eigenvalue weighted by molar-refractivity contribution is 0.0864. The molecule has 0 amide bonds. The van der Waals surface area contributed by atoms with Crippen LogP contribution in [-0.2, 0) is 0 Å². The molecule has 24 heavy (non-hydrogen) atoms. The molecule has 0 saturated carbocycles. The first-order valence-corrected chi connectivity index (χ1v) is 8.68. The molecule has 2 aliphatic heterocycles. The van der Waals surface area contributed by atoms with Crippen LogP contribution in [0.25, 0.3) is 0 Å². The normalized spacial score (nSPS) is 20.8. The summed E-state index contributed by atoms with van der Waals surface area (Å²) in [7, 11) is 0. The van der Waals surface area contributed by atoms with Crippen LogP contribution >= 0.6 is 11.6 Å². The van der Waals surface area contributed by atoms with Crippen molar-refractivity contribution in [3.63, 3.8) is 0 Å². The molecule has 0 aliphatic carbocycles. The Hall–Kier alpha value is -1.78. The molecule has 2 aromatic rings. The van der Waals surface area contributed by atoms with Crippen LogP contribution in [0.5, 0.6) is 11.5 Å². The van der Waals surface area contributed by atoms with E-state index in [0.29, 0.717) is 23.1 Å². The fraction of sp³-hybridized carbons (Fsp3) is 0.368. The maximum Gasteiger partial charge on any atom is 0.165 e. The van der Waals surface area contributed by atoms with Crippen molar-refractivity contribution in [3.05, 3.63) is 58.4 Å². The van der Waals surface area contributed by atoms with Crippen LogP contribution in [0.15, 0.2) is 36.4 Å². The van der Waals surface area contributed by atoms with Crippen LogP contribution in [0.3, 0.4) is 0 Å². The van der Waals surface area contributed by atoms with E-state index in [1.54, 1.807) is 12.1 Å². The molecular formula is C19H19ClFNO2. The van der Waals surface area contributed by atoms with Crippen molar-refractivity contribution in [2.24, 2.45) is 0 Å². The summed E-state index contributed by atoms with van der Waals surface area (Å²) in [5, 5.41) is 3.76. The number of halogens is 2. The molecule has 126 valence electrons. The highest BCUT2D eigenvalue weighted by Crippen LogP contribution is 2.44. The molecule has 5 heteroatoms. The number of hydrogen-bond donors (Lipinski definition) is 1. The maximum atomic E-state index is 14.2. The summed E-state index contributed by atoms with van der Waals surface area (Å²) in [5.74, 6) is 1.59. The van der Waals surface area contributed by atoms with Crippen LogP contribution in [0.1, 0.15) is 36.0 Å². The standard InChI is InChI=1S/C19H19ClFNO2/c20-13-4-5-15(16(21)10-13)18-11-23-17-3-1-2-14(19(17)24-18)12-6-8-22-9-7-12/h1-5,10,12,18,22H,6-9,11H2. The highest BCUT2D eigenvalue weighted by molar-refractivity contribution is 6.30. The average Bonchev–Trinajstić information content (AvgIpc) is 2.61. The lowest BCUT2D eigenvalue weighted by Crippen LogP contribution is -2.28. The van der Waals surface area contributed by atoms with Gasteiger partial charge in [-0.3, -0.25) is 0 Å². The molecule has 0 spiro atoms. The third-order valence-electron chi connectivity index (χ3n) is 4.75. The van der Waals surface area contributed by atoms with Crippen LogP contribution < -0.4 is 14.8 Å². The number of hydrogen-bond acceptors (Lipinski definition) is 3. The fourth-order valence-corrected chi connectivity index (χ4v) is 3.64. The highest BCUT2D eigenvalue weighted by Gasteiger charge is 2.29. The minimum atomic E-state index is -0.461. The van der Waals surface area contributed by atoms with Crippen molar-refractivity contribution < 1.29 is 13.9 Å². The number of piperidine rings is 1. The summed E-state index contributed by atoms with van der Waals surface area (Å²) in [6, 6.07) is 10.7. The largest absolute Gasteiger partial charge is 0.485 e. The van der Waals surface area contributed by atoms with Gasteiger partial charge in [0.2, 0.25) is 0 Å². The Morgan fingerprint density at radius 3 is 2.71 bits per heavy atom. The molecule has 2 heterocycles. The van der Waals surface area contributed by atoms with Crippen molar-refractivity contribution in [1.82, 2.24) is 5.32 Å². The lowest BCUT2D eigenvalue weighted by Gasteiger charge is -2.31. The van der Waals surface area contributed by atoms with Crippen molar-refractivity contribution >= 4 is 11.6 Å². The van der Waals surface area contributed by atoms with Gasteiger partial charge in [0.05, 0.1) is 0 Å². The summed E-state index contributed by atoms with van der Waals surface area (Å²) >= 11 is 5.85. The Morgan fingerprint density at radius 2 is 1.92 bits per heavy atom. The van der Waals surface area contributed by atoms with E-state index in [4.69, 9.17) is 21.1 Å². The summed E-state index contributed by atoms with van der Waals surface area (Å²) in [6.07, 6.45) is 1.68. The summed E-state index contributed by atoms with van der Waals surface area (Å²) in [5.41, 5.74) is 1.64. The van der Waals surface area contributed by atoms with Gasteiger partial charge in [0.1, 0.15) is 12.4 Å². The second-order valence-corrected chi connectivity index (χ2v) is 6.72. The third kappa shape index (κ3) is 2.96. The van der Waals surface area contributed by atoms with E-state index < -0.39 is 6.10 Å². The molecule has 0 aromatic heterocycles. The first kappa shape index (κ1) is 15.7. The van der Waals surface area contributed by atoms with Crippen LogP contribution in [0.2, 0.25) is 5.02 Å². The number of fused-ring (bicyclic) bond motifs is 1. The Morgan fingerprint density at radius 1 is 1.08 bits per heavy atom. The quantitative estimate of drug-likeness (QED) is 0.870. The van der Waals surface area contributed by atoms with E-state index in [9.17, 15) is 4.39 Å². The van der Waals surface area contributed by atoms with Gasteiger partial charge in [-0.05, 0) is 50.0 Å². The van der Waals surface area contributed by atoms with Gasteiger partial charge in [-0.15, -0.1) is 0 Å². The highest BCUT2D eigenvalue weighted by atomic mass is 35.5. The molecule has 1 saturated heterocycles. The molecule has 3 nitrogen and oxygen atoms in total. The van der Waals surface area contributed by atoms with Gasteiger partial charge in [0.25, 0.3) is 0 Å². The molecule has 2 aliphatic rings. The first-order valence-electron chi connectivity index (χ1n) is 8.30. The van der Waals surface area contributed by atoms with Crippen LogP contribution in [-0.4, -0.2) is 19.7 Å². The van der Waals surface area contributed by atoms with Crippen molar-refractivity contribution in [1.29, 1.82) is 0 Å².